The lowest BCUT2D eigenvalue weighted by atomic mass is 9.71. The van der Waals surface area contributed by atoms with Crippen LogP contribution in [0.15, 0.2) is 48.5 Å². The van der Waals surface area contributed by atoms with Crippen molar-refractivity contribution in [3.63, 3.8) is 0 Å². The zero-order valence-electron chi connectivity index (χ0n) is 15.4. The van der Waals surface area contributed by atoms with Gasteiger partial charge in [-0.05, 0) is 54.6 Å². The third-order valence-electron chi connectivity index (χ3n) is 5.19. The summed E-state index contributed by atoms with van der Waals surface area (Å²) < 4.78 is 38.7. The van der Waals surface area contributed by atoms with Gasteiger partial charge < -0.3 is 5.11 Å². The van der Waals surface area contributed by atoms with Crippen LogP contribution in [0.5, 0.6) is 0 Å². The van der Waals surface area contributed by atoms with Crippen molar-refractivity contribution in [2.45, 2.75) is 24.9 Å². The number of aliphatic carboxylic acids is 1. The molecular weight excluding hydrogens is 391 g/mol. The van der Waals surface area contributed by atoms with Gasteiger partial charge in [-0.15, -0.1) is 12.4 Å². The third kappa shape index (κ3) is 5.06. The zero-order valence-corrected chi connectivity index (χ0v) is 16.3. The smallest absolute Gasteiger partial charge is 0.416 e. The number of fused-ring (bicyclic) bond motifs is 1. The first-order valence-corrected chi connectivity index (χ1v) is 8.91. The van der Waals surface area contributed by atoms with E-state index in [2.05, 4.69) is 6.07 Å². The van der Waals surface area contributed by atoms with Crippen molar-refractivity contribution in [3.8, 4) is 0 Å². The number of halogens is 4. The van der Waals surface area contributed by atoms with Crippen LogP contribution in [-0.2, 0) is 17.4 Å². The fourth-order valence-electron chi connectivity index (χ4n) is 4.05. The standard InChI is InChI=1S/C21H22F3NO2.ClH/c1-25(13-19(26)27)12-16-7-6-14-4-2-3-5-18(14)20(16)15-8-10-17(11-9-15)21(22,23)24;/h2-5,8-11,16,20H,6-7,12-13H2,1H3,(H,26,27);1H. The second kappa shape index (κ2) is 8.97. The second-order valence-electron chi connectivity index (χ2n) is 7.19. The minimum Gasteiger partial charge on any atom is -0.480 e. The summed E-state index contributed by atoms with van der Waals surface area (Å²) in [5.41, 5.74) is 2.51. The Hall–Kier alpha value is -2.05. The number of carboxylic acids is 1. The molecule has 0 saturated carbocycles. The highest BCUT2D eigenvalue weighted by Gasteiger charge is 2.33. The van der Waals surface area contributed by atoms with Gasteiger partial charge in [0.25, 0.3) is 0 Å². The van der Waals surface area contributed by atoms with E-state index in [1.165, 1.54) is 5.56 Å². The Morgan fingerprint density at radius 2 is 1.79 bits per heavy atom. The van der Waals surface area contributed by atoms with E-state index in [0.29, 0.717) is 6.54 Å². The van der Waals surface area contributed by atoms with E-state index in [1.54, 1.807) is 24.1 Å². The molecule has 152 valence electrons. The van der Waals surface area contributed by atoms with Crippen molar-refractivity contribution < 1.29 is 23.1 Å². The van der Waals surface area contributed by atoms with Crippen molar-refractivity contribution in [2.75, 3.05) is 20.1 Å². The molecule has 2 atom stereocenters. The molecule has 2 unspecified atom stereocenters. The van der Waals surface area contributed by atoms with E-state index >= 15 is 0 Å². The Bertz CT molecular complexity index is 808. The number of aryl methyl sites for hydroxylation is 1. The molecule has 1 N–H and O–H groups in total. The number of carboxylic acid groups (broad SMARTS) is 1. The lowest BCUT2D eigenvalue weighted by molar-refractivity contribution is -0.138. The molecule has 0 bridgehead atoms. The molecule has 3 rings (SSSR count). The topological polar surface area (TPSA) is 40.5 Å². The number of carbonyl (C=O) groups is 1. The molecule has 1 aliphatic rings. The normalized spacial score (nSPS) is 19.0. The maximum atomic E-state index is 12.9. The van der Waals surface area contributed by atoms with Crippen LogP contribution >= 0.6 is 12.4 Å². The Morgan fingerprint density at radius 3 is 2.39 bits per heavy atom. The van der Waals surface area contributed by atoms with Crippen LogP contribution in [0, 0.1) is 5.92 Å². The van der Waals surface area contributed by atoms with E-state index in [9.17, 15) is 18.0 Å². The Labute approximate surface area is 168 Å². The van der Waals surface area contributed by atoms with Gasteiger partial charge in [-0.25, -0.2) is 0 Å². The molecule has 2 aromatic rings. The average Bonchev–Trinajstić information content (AvgIpc) is 2.60. The fourth-order valence-corrected chi connectivity index (χ4v) is 4.05. The molecule has 1 aliphatic carbocycles. The number of rotatable bonds is 5. The molecule has 0 amide bonds. The number of hydrogen-bond donors (Lipinski definition) is 1. The summed E-state index contributed by atoms with van der Waals surface area (Å²) in [7, 11) is 1.76. The first kappa shape index (κ1) is 22.2. The quantitative estimate of drug-likeness (QED) is 0.762. The predicted octanol–water partition coefficient (Wildman–Crippen LogP) is 4.84. The number of likely N-dealkylation sites (N-methyl/N-ethyl adjacent to an activating group) is 1. The van der Waals surface area contributed by atoms with E-state index in [4.69, 9.17) is 5.11 Å². The number of benzene rings is 2. The van der Waals surface area contributed by atoms with Crippen LogP contribution < -0.4 is 0 Å². The van der Waals surface area contributed by atoms with E-state index in [1.807, 2.05) is 18.2 Å². The van der Waals surface area contributed by atoms with Gasteiger partial charge in [0.2, 0.25) is 0 Å². The highest BCUT2D eigenvalue weighted by molar-refractivity contribution is 5.85. The minimum atomic E-state index is -4.36. The number of nitrogens with zero attached hydrogens (tertiary/aromatic N) is 1. The highest BCUT2D eigenvalue weighted by atomic mass is 35.5. The Kier molecular flexibility index (Phi) is 7.12. The van der Waals surface area contributed by atoms with Crippen LogP contribution in [-0.4, -0.2) is 36.1 Å². The Morgan fingerprint density at radius 1 is 1.14 bits per heavy atom. The van der Waals surface area contributed by atoms with Gasteiger partial charge in [0.1, 0.15) is 0 Å². The summed E-state index contributed by atoms with van der Waals surface area (Å²) in [6, 6.07) is 13.4. The molecule has 0 fully saturated rings. The molecule has 0 radical (unpaired) electrons. The van der Waals surface area contributed by atoms with Gasteiger partial charge in [0.15, 0.2) is 0 Å². The number of alkyl halides is 3. The van der Waals surface area contributed by atoms with Crippen molar-refractivity contribution in [2.24, 2.45) is 5.92 Å². The van der Waals surface area contributed by atoms with E-state index in [-0.39, 0.29) is 30.8 Å². The molecule has 0 aromatic heterocycles. The molecule has 28 heavy (non-hydrogen) atoms. The summed E-state index contributed by atoms with van der Waals surface area (Å²) in [6.07, 6.45) is -2.60. The van der Waals surface area contributed by atoms with Gasteiger partial charge in [-0.2, -0.15) is 13.2 Å². The molecule has 0 spiro atoms. The van der Waals surface area contributed by atoms with Crippen LogP contribution in [0.2, 0.25) is 0 Å². The van der Waals surface area contributed by atoms with E-state index < -0.39 is 17.7 Å². The summed E-state index contributed by atoms with van der Waals surface area (Å²) >= 11 is 0. The van der Waals surface area contributed by atoms with Gasteiger partial charge in [-0.1, -0.05) is 36.4 Å². The van der Waals surface area contributed by atoms with Crippen LogP contribution in [0.1, 0.15) is 34.6 Å². The predicted molar refractivity (Wildman–Crippen MR) is 104 cm³/mol. The summed E-state index contributed by atoms with van der Waals surface area (Å²) in [4.78, 5) is 12.7. The van der Waals surface area contributed by atoms with Gasteiger partial charge in [0, 0.05) is 12.5 Å². The van der Waals surface area contributed by atoms with Crippen molar-refractivity contribution in [1.29, 1.82) is 0 Å². The highest BCUT2D eigenvalue weighted by Crippen LogP contribution is 2.42. The first-order chi connectivity index (χ1) is 12.8. The van der Waals surface area contributed by atoms with Gasteiger partial charge in [-0.3, -0.25) is 9.69 Å². The zero-order chi connectivity index (χ0) is 19.6. The monoisotopic (exact) mass is 413 g/mol. The molecule has 3 nitrogen and oxygen atoms in total. The summed E-state index contributed by atoms with van der Waals surface area (Å²) in [6.45, 7) is 0.518. The third-order valence-corrected chi connectivity index (χ3v) is 5.19. The minimum absolute atomic E-state index is 0. The van der Waals surface area contributed by atoms with Crippen molar-refractivity contribution in [3.05, 3.63) is 70.8 Å². The summed E-state index contributed by atoms with van der Waals surface area (Å²) in [5, 5.41) is 9.01. The fraction of sp³-hybridized carbons (Fsp3) is 0.381. The summed E-state index contributed by atoms with van der Waals surface area (Å²) in [5.74, 6) is -0.797. The molecule has 0 heterocycles. The lowest BCUT2D eigenvalue weighted by Crippen LogP contribution is -2.35. The van der Waals surface area contributed by atoms with Crippen molar-refractivity contribution in [1.82, 2.24) is 4.90 Å². The molecule has 0 saturated heterocycles. The molecular formula is C21H23ClF3NO2. The molecule has 2 aromatic carbocycles. The maximum absolute atomic E-state index is 12.9. The van der Waals surface area contributed by atoms with Crippen molar-refractivity contribution >= 4 is 18.4 Å². The second-order valence-corrected chi connectivity index (χ2v) is 7.19. The average molecular weight is 414 g/mol. The van der Waals surface area contributed by atoms with Gasteiger partial charge >= 0.3 is 12.1 Å². The molecule has 7 heteroatoms. The van der Waals surface area contributed by atoms with Crippen LogP contribution in [0.4, 0.5) is 13.2 Å². The first-order valence-electron chi connectivity index (χ1n) is 8.91. The van der Waals surface area contributed by atoms with Gasteiger partial charge in [0.05, 0.1) is 12.1 Å². The maximum Gasteiger partial charge on any atom is 0.416 e. The largest absolute Gasteiger partial charge is 0.480 e. The van der Waals surface area contributed by atoms with Crippen LogP contribution in [0.3, 0.4) is 0 Å². The number of hydrogen-bond acceptors (Lipinski definition) is 2. The lowest BCUT2D eigenvalue weighted by Gasteiger charge is -2.36. The SMILES string of the molecule is CN(CC(=O)O)CC1CCc2ccccc2C1c1ccc(C(F)(F)F)cc1.Cl. The molecule has 0 aliphatic heterocycles. The Balaban J connectivity index is 0.00000280. The van der Waals surface area contributed by atoms with E-state index in [0.717, 1.165) is 36.1 Å². The van der Waals surface area contributed by atoms with Crippen LogP contribution in [0.25, 0.3) is 0 Å².